The molecule has 1 fully saturated rings. The van der Waals surface area contributed by atoms with E-state index in [0.29, 0.717) is 0 Å². The molecule has 0 saturated carbocycles. The summed E-state index contributed by atoms with van der Waals surface area (Å²) in [6.07, 6.45) is 1.95. The van der Waals surface area contributed by atoms with E-state index in [2.05, 4.69) is 39.9 Å². The van der Waals surface area contributed by atoms with E-state index < -0.39 is 0 Å². The average molecular weight is 312 g/mol. The minimum absolute atomic E-state index is 0.0892. The summed E-state index contributed by atoms with van der Waals surface area (Å²) in [7, 11) is 1.46. The molecular weight excluding hydrogens is 294 g/mol. The Morgan fingerprint density at radius 3 is 2.72 bits per heavy atom. The standard InChI is InChI=1S/C14H18BrNO2/c1-10(11-5-7-12(15)8-6-11)16-9-3-4-13(16)14(17)18-2/h5-8,10,13H,3-4,9H2,1-2H3/t10-,13?/m0/s1. The molecule has 0 aromatic heterocycles. The zero-order chi connectivity index (χ0) is 13.1. The average Bonchev–Trinajstić information content (AvgIpc) is 2.87. The highest BCUT2D eigenvalue weighted by Crippen LogP contribution is 2.30. The molecule has 3 nitrogen and oxygen atoms in total. The molecule has 98 valence electrons. The molecule has 1 unspecified atom stereocenters. The lowest BCUT2D eigenvalue weighted by Gasteiger charge is -2.29. The second-order valence-corrected chi connectivity index (χ2v) is 5.56. The van der Waals surface area contributed by atoms with E-state index >= 15 is 0 Å². The summed E-state index contributed by atoms with van der Waals surface area (Å²) in [4.78, 5) is 14.0. The van der Waals surface area contributed by atoms with Crippen molar-refractivity contribution in [2.45, 2.75) is 31.8 Å². The van der Waals surface area contributed by atoms with Crippen molar-refractivity contribution < 1.29 is 9.53 Å². The first-order valence-electron chi connectivity index (χ1n) is 6.22. The lowest BCUT2D eigenvalue weighted by atomic mass is 10.1. The Bertz CT molecular complexity index is 418. The van der Waals surface area contributed by atoms with Crippen molar-refractivity contribution in [2.24, 2.45) is 0 Å². The molecule has 0 amide bonds. The van der Waals surface area contributed by atoms with Crippen molar-refractivity contribution in [1.29, 1.82) is 0 Å². The van der Waals surface area contributed by atoms with Crippen LogP contribution in [0.3, 0.4) is 0 Å². The summed E-state index contributed by atoms with van der Waals surface area (Å²) in [5, 5.41) is 0. The van der Waals surface area contributed by atoms with E-state index in [0.717, 1.165) is 23.9 Å². The number of halogens is 1. The first-order valence-corrected chi connectivity index (χ1v) is 7.02. The lowest BCUT2D eigenvalue weighted by molar-refractivity contribution is -0.146. The van der Waals surface area contributed by atoms with Gasteiger partial charge in [-0.1, -0.05) is 28.1 Å². The number of nitrogens with zero attached hydrogens (tertiary/aromatic N) is 1. The van der Waals surface area contributed by atoms with Crippen LogP contribution < -0.4 is 0 Å². The van der Waals surface area contributed by atoms with Gasteiger partial charge in [0.2, 0.25) is 0 Å². The molecule has 0 spiro atoms. The molecule has 0 bridgehead atoms. The van der Waals surface area contributed by atoms with Gasteiger partial charge in [0.1, 0.15) is 6.04 Å². The summed E-state index contributed by atoms with van der Waals surface area (Å²) in [6, 6.07) is 8.42. The summed E-state index contributed by atoms with van der Waals surface area (Å²) < 4.78 is 5.95. The number of hydrogen-bond acceptors (Lipinski definition) is 3. The Balaban J connectivity index is 2.14. The van der Waals surface area contributed by atoms with Crippen LogP contribution in [-0.4, -0.2) is 30.6 Å². The second-order valence-electron chi connectivity index (χ2n) is 4.65. The van der Waals surface area contributed by atoms with E-state index in [9.17, 15) is 4.79 Å². The minimum atomic E-state index is -0.114. The fraction of sp³-hybridized carbons (Fsp3) is 0.500. The molecule has 1 aromatic rings. The monoisotopic (exact) mass is 311 g/mol. The highest BCUT2D eigenvalue weighted by atomic mass is 79.9. The van der Waals surface area contributed by atoms with Crippen LogP contribution >= 0.6 is 15.9 Å². The Morgan fingerprint density at radius 2 is 2.11 bits per heavy atom. The van der Waals surface area contributed by atoms with Crippen LogP contribution in [0.1, 0.15) is 31.4 Å². The van der Waals surface area contributed by atoms with E-state index in [-0.39, 0.29) is 18.1 Å². The SMILES string of the molecule is COC(=O)C1CCCN1[C@@H](C)c1ccc(Br)cc1. The van der Waals surface area contributed by atoms with Gasteiger partial charge < -0.3 is 4.74 Å². The molecule has 18 heavy (non-hydrogen) atoms. The van der Waals surface area contributed by atoms with E-state index in [1.807, 2.05) is 12.1 Å². The third-order valence-corrected chi connectivity index (χ3v) is 4.15. The van der Waals surface area contributed by atoms with Gasteiger partial charge in [-0.15, -0.1) is 0 Å². The number of carbonyl (C=O) groups is 1. The highest BCUT2D eigenvalue weighted by molar-refractivity contribution is 9.10. The smallest absolute Gasteiger partial charge is 0.323 e. The molecule has 0 aliphatic carbocycles. The van der Waals surface area contributed by atoms with Crippen molar-refractivity contribution in [2.75, 3.05) is 13.7 Å². The predicted octanol–water partition coefficient (Wildman–Crippen LogP) is 3.15. The van der Waals surface area contributed by atoms with Crippen molar-refractivity contribution in [1.82, 2.24) is 4.90 Å². The van der Waals surface area contributed by atoms with Crippen molar-refractivity contribution in [3.63, 3.8) is 0 Å². The van der Waals surface area contributed by atoms with Crippen LogP contribution in [0, 0.1) is 0 Å². The number of likely N-dealkylation sites (tertiary alicyclic amines) is 1. The molecule has 0 N–H and O–H groups in total. The number of ether oxygens (including phenoxy) is 1. The van der Waals surface area contributed by atoms with Crippen molar-refractivity contribution in [3.05, 3.63) is 34.3 Å². The van der Waals surface area contributed by atoms with Crippen LogP contribution in [0.15, 0.2) is 28.7 Å². The molecular formula is C14H18BrNO2. The maximum absolute atomic E-state index is 11.7. The molecule has 2 atom stereocenters. The van der Waals surface area contributed by atoms with Gasteiger partial charge in [-0.25, -0.2) is 0 Å². The lowest BCUT2D eigenvalue weighted by Crippen LogP contribution is -2.38. The number of rotatable bonds is 3. The van der Waals surface area contributed by atoms with Gasteiger partial charge in [-0.3, -0.25) is 9.69 Å². The fourth-order valence-corrected chi connectivity index (χ4v) is 2.84. The van der Waals surface area contributed by atoms with Gasteiger partial charge in [0.05, 0.1) is 7.11 Å². The first kappa shape index (κ1) is 13.6. The maximum Gasteiger partial charge on any atom is 0.323 e. The van der Waals surface area contributed by atoms with Gasteiger partial charge in [-0.2, -0.15) is 0 Å². The Kier molecular flexibility index (Phi) is 4.40. The van der Waals surface area contributed by atoms with E-state index in [1.54, 1.807) is 0 Å². The zero-order valence-corrected chi connectivity index (χ0v) is 12.3. The summed E-state index contributed by atoms with van der Waals surface area (Å²) in [5.74, 6) is -0.114. The Morgan fingerprint density at radius 1 is 1.44 bits per heavy atom. The molecule has 1 saturated heterocycles. The maximum atomic E-state index is 11.7. The second kappa shape index (κ2) is 5.85. The summed E-state index contributed by atoms with van der Waals surface area (Å²) in [6.45, 7) is 3.10. The largest absolute Gasteiger partial charge is 0.468 e. The highest BCUT2D eigenvalue weighted by Gasteiger charge is 2.34. The topological polar surface area (TPSA) is 29.5 Å². The van der Waals surface area contributed by atoms with Gasteiger partial charge in [0.15, 0.2) is 0 Å². The van der Waals surface area contributed by atoms with E-state index in [4.69, 9.17) is 4.74 Å². The molecule has 1 aliphatic rings. The molecule has 1 aromatic carbocycles. The fourth-order valence-electron chi connectivity index (χ4n) is 2.57. The number of hydrogen-bond donors (Lipinski definition) is 0. The van der Waals surface area contributed by atoms with Crippen LogP contribution in [0.5, 0.6) is 0 Å². The van der Waals surface area contributed by atoms with Gasteiger partial charge in [0.25, 0.3) is 0 Å². The predicted molar refractivity (Wildman–Crippen MR) is 74.3 cm³/mol. The van der Waals surface area contributed by atoms with Crippen molar-refractivity contribution in [3.8, 4) is 0 Å². The molecule has 4 heteroatoms. The number of methoxy groups -OCH3 is 1. The van der Waals surface area contributed by atoms with Crippen LogP contribution in [0.2, 0.25) is 0 Å². The van der Waals surface area contributed by atoms with E-state index in [1.165, 1.54) is 12.7 Å². The number of carbonyl (C=O) groups excluding carboxylic acids is 1. The molecule has 1 aliphatic heterocycles. The van der Waals surface area contributed by atoms with Crippen molar-refractivity contribution >= 4 is 21.9 Å². The third-order valence-electron chi connectivity index (χ3n) is 3.62. The van der Waals surface area contributed by atoms with Crippen LogP contribution in [0.4, 0.5) is 0 Å². The first-order chi connectivity index (χ1) is 8.63. The van der Waals surface area contributed by atoms with Gasteiger partial charge in [0, 0.05) is 10.5 Å². The Hall–Kier alpha value is -0.870. The third kappa shape index (κ3) is 2.75. The Labute approximate surface area is 116 Å². The van der Waals surface area contributed by atoms with Crippen LogP contribution in [-0.2, 0) is 9.53 Å². The zero-order valence-electron chi connectivity index (χ0n) is 10.7. The number of esters is 1. The molecule has 2 rings (SSSR count). The van der Waals surface area contributed by atoms with Crippen LogP contribution in [0.25, 0.3) is 0 Å². The molecule has 0 radical (unpaired) electrons. The summed E-state index contributed by atoms with van der Waals surface area (Å²) in [5.41, 5.74) is 1.23. The minimum Gasteiger partial charge on any atom is -0.468 e. The quantitative estimate of drug-likeness (QED) is 0.803. The number of benzene rings is 1. The normalized spacial score (nSPS) is 21.8. The van der Waals surface area contributed by atoms with Gasteiger partial charge in [-0.05, 0) is 44.0 Å². The molecule has 1 heterocycles. The van der Waals surface area contributed by atoms with Gasteiger partial charge >= 0.3 is 5.97 Å². The summed E-state index contributed by atoms with van der Waals surface area (Å²) >= 11 is 3.44.